The first kappa shape index (κ1) is 26.9. The fraction of sp³-hybridized carbons (Fsp3) is 0.500. The van der Waals surface area contributed by atoms with Gasteiger partial charge in [-0.25, -0.2) is 15.2 Å². The summed E-state index contributed by atoms with van der Waals surface area (Å²) in [4.78, 5) is 37.9. The zero-order valence-corrected chi connectivity index (χ0v) is 17.7. The topological polar surface area (TPSA) is 166 Å². The Bertz CT molecular complexity index is 687. The number of hydrogen-bond acceptors (Lipinski definition) is 5. The van der Waals surface area contributed by atoms with Gasteiger partial charge in [0.2, 0.25) is 5.96 Å². The smallest absolute Gasteiger partial charge is 0.352 e. The molecule has 0 bridgehead atoms. The predicted molar refractivity (Wildman–Crippen MR) is 113 cm³/mol. The van der Waals surface area contributed by atoms with Crippen LogP contribution in [0.3, 0.4) is 0 Å². The Labute approximate surface area is 176 Å². The standard InChI is InChI=1S/C16H26N4O2.C4H6O4/c1-4-7-11-22-19-16(21)20(15(17)18)14-12(5-2)9-8-10-13(14)6-3;5-3(6)1-2-4(7)8/h8-10H,4-7,11H2,1-3H3,(H3,17,18)(H,19,21);1-2H2,(H,5,6)(H,7,8). The quantitative estimate of drug-likeness (QED) is 0.167. The third-order valence-electron chi connectivity index (χ3n) is 3.94. The van der Waals surface area contributed by atoms with E-state index in [2.05, 4.69) is 5.48 Å². The first-order valence-electron chi connectivity index (χ1n) is 9.79. The monoisotopic (exact) mass is 424 g/mol. The number of amides is 2. The molecule has 0 atom stereocenters. The summed E-state index contributed by atoms with van der Waals surface area (Å²) in [6.45, 7) is 6.49. The zero-order chi connectivity index (χ0) is 23.1. The van der Waals surface area contributed by atoms with E-state index >= 15 is 0 Å². The highest BCUT2D eigenvalue weighted by Gasteiger charge is 2.23. The van der Waals surface area contributed by atoms with E-state index < -0.39 is 18.0 Å². The highest BCUT2D eigenvalue weighted by atomic mass is 16.7. The number of aliphatic carboxylic acids is 2. The average Bonchev–Trinajstić information content (AvgIpc) is 2.70. The van der Waals surface area contributed by atoms with Gasteiger partial charge in [-0.05, 0) is 30.4 Å². The van der Waals surface area contributed by atoms with Gasteiger partial charge in [0.05, 0.1) is 25.1 Å². The largest absolute Gasteiger partial charge is 0.481 e. The van der Waals surface area contributed by atoms with Crippen LogP contribution in [-0.4, -0.2) is 40.7 Å². The Hall–Kier alpha value is -3.14. The van der Waals surface area contributed by atoms with Gasteiger partial charge < -0.3 is 15.9 Å². The molecule has 168 valence electrons. The molecule has 2 amide bonds. The summed E-state index contributed by atoms with van der Waals surface area (Å²) in [6.07, 6.45) is 2.73. The van der Waals surface area contributed by atoms with Gasteiger partial charge in [0.15, 0.2) is 0 Å². The highest BCUT2D eigenvalue weighted by molar-refractivity contribution is 6.14. The van der Waals surface area contributed by atoms with Crippen LogP contribution in [0.5, 0.6) is 0 Å². The molecule has 0 aliphatic carbocycles. The van der Waals surface area contributed by atoms with E-state index in [1.165, 1.54) is 4.90 Å². The van der Waals surface area contributed by atoms with E-state index in [1.54, 1.807) is 0 Å². The number of hydroxylamine groups is 1. The van der Waals surface area contributed by atoms with Crippen molar-refractivity contribution in [3.05, 3.63) is 29.3 Å². The molecule has 0 heterocycles. The van der Waals surface area contributed by atoms with Crippen LogP contribution in [0.15, 0.2) is 18.2 Å². The van der Waals surface area contributed by atoms with E-state index in [4.69, 9.17) is 26.2 Å². The van der Waals surface area contributed by atoms with E-state index in [-0.39, 0.29) is 18.8 Å². The summed E-state index contributed by atoms with van der Waals surface area (Å²) < 4.78 is 0. The number of anilines is 1. The summed E-state index contributed by atoms with van der Waals surface area (Å²) in [7, 11) is 0. The first-order valence-corrected chi connectivity index (χ1v) is 9.79. The van der Waals surface area contributed by atoms with E-state index in [0.29, 0.717) is 12.3 Å². The molecule has 0 radical (unpaired) electrons. The summed E-state index contributed by atoms with van der Waals surface area (Å²) in [5.74, 6) is -2.48. The number of urea groups is 1. The Morgan fingerprint density at radius 2 is 1.57 bits per heavy atom. The number of benzene rings is 1. The molecule has 10 heteroatoms. The third-order valence-corrected chi connectivity index (χ3v) is 3.94. The molecule has 0 saturated carbocycles. The number of carbonyl (C=O) groups excluding carboxylic acids is 1. The number of nitrogens with one attached hydrogen (secondary N) is 2. The van der Waals surface area contributed by atoms with Crippen LogP contribution in [0.25, 0.3) is 0 Å². The Morgan fingerprint density at radius 3 is 1.93 bits per heavy atom. The van der Waals surface area contributed by atoms with Crippen molar-refractivity contribution < 1.29 is 29.4 Å². The van der Waals surface area contributed by atoms with E-state index in [1.807, 2.05) is 39.0 Å². The van der Waals surface area contributed by atoms with Crippen LogP contribution in [0, 0.1) is 5.41 Å². The molecule has 1 rings (SSSR count). The lowest BCUT2D eigenvalue weighted by atomic mass is 10.0. The summed E-state index contributed by atoms with van der Waals surface area (Å²) in [5.41, 5.74) is 10.6. The SMILES string of the molecule is CCCCONC(=O)N(C(=N)N)c1c(CC)cccc1CC.O=C(O)CCC(=O)O. The minimum atomic E-state index is -1.08. The number of nitrogens with two attached hydrogens (primary N) is 1. The van der Waals surface area contributed by atoms with Crippen molar-refractivity contribution >= 4 is 29.6 Å². The lowest BCUT2D eigenvalue weighted by Gasteiger charge is -2.25. The van der Waals surface area contributed by atoms with Gasteiger partial charge in [-0.1, -0.05) is 45.4 Å². The van der Waals surface area contributed by atoms with E-state index in [0.717, 1.165) is 36.8 Å². The van der Waals surface area contributed by atoms with Crippen molar-refractivity contribution in [2.45, 2.75) is 59.3 Å². The lowest BCUT2D eigenvalue weighted by Crippen LogP contribution is -2.48. The molecule has 10 nitrogen and oxygen atoms in total. The number of guanidine groups is 1. The van der Waals surface area contributed by atoms with Gasteiger partial charge in [-0.3, -0.25) is 19.8 Å². The second-order valence-corrected chi connectivity index (χ2v) is 6.25. The fourth-order valence-corrected chi connectivity index (χ4v) is 2.42. The number of rotatable bonds is 10. The molecule has 1 aromatic rings. The van der Waals surface area contributed by atoms with Gasteiger partial charge in [0.1, 0.15) is 0 Å². The van der Waals surface area contributed by atoms with Crippen molar-refractivity contribution in [2.24, 2.45) is 5.73 Å². The molecular formula is C20H32N4O6. The maximum absolute atomic E-state index is 12.4. The van der Waals surface area contributed by atoms with Crippen molar-refractivity contribution in [2.75, 3.05) is 11.5 Å². The van der Waals surface area contributed by atoms with Crippen LogP contribution in [-0.2, 0) is 27.3 Å². The van der Waals surface area contributed by atoms with Crippen molar-refractivity contribution in [1.29, 1.82) is 5.41 Å². The van der Waals surface area contributed by atoms with Crippen LogP contribution in [0.4, 0.5) is 10.5 Å². The Morgan fingerprint density at radius 1 is 1.07 bits per heavy atom. The number of carboxylic acids is 2. The van der Waals surface area contributed by atoms with Crippen LogP contribution in [0.1, 0.15) is 57.6 Å². The van der Waals surface area contributed by atoms with Crippen molar-refractivity contribution in [3.63, 3.8) is 0 Å². The minimum Gasteiger partial charge on any atom is -0.481 e. The number of nitrogens with zero attached hydrogens (tertiary/aromatic N) is 1. The van der Waals surface area contributed by atoms with Gasteiger partial charge in [0.25, 0.3) is 0 Å². The minimum absolute atomic E-state index is 0.296. The molecule has 0 aromatic heterocycles. The number of unbranched alkanes of at least 4 members (excludes halogenated alkanes) is 1. The van der Waals surface area contributed by atoms with Crippen molar-refractivity contribution in [3.8, 4) is 0 Å². The van der Waals surface area contributed by atoms with Gasteiger partial charge in [-0.2, -0.15) is 0 Å². The third kappa shape index (κ3) is 9.87. The molecule has 30 heavy (non-hydrogen) atoms. The van der Waals surface area contributed by atoms with Crippen LogP contribution < -0.4 is 16.1 Å². The average molecular weight is 424 g/mol. The predicted octanol–water partition coefficient (Wildman–Crippen LogP) is 2.89. The number of para-hydroxylation sites is 1. The molecule has 0 spiro atoms. The number of carboxylic acid groups (broad SMARTS) is 2. The Kier molecular flexibility index (Phi) is 13.3. The molecule has 0 aliphatic rings. The maximum atomic E-state index is 12.4. The number of carbonyl (C=O) groups is 3. The molecule has 0 saturated heterocycles. The number of aryl methyl sites for hydroxylation is 2. The summed E-state index contributed by atoms with van der Waals surface area (Å²) in [6, 6.07) is 5.29. The molecule has 1 aromatic carbocycles. The van der Waals surface area contributed by atoms with Gasteiger partial charge in [0, 0.05) is 0 Å². The van der Waals surface area contributed by atoms with Crippen molar-refractivity contribution in [1.82, 2.24) is 5.48 Å². The first-order chi connectivity index (χ1) is 14.2. The van der Waals surface area contributed by atoms with Crippen LogP contribution in [0.2, 0.25) is 0 Å². The summed E-state index contributed by atoms with van der Waals surface area (Å²) in [5, 5.41) is 23.6. The normalized spacial score (nSPS) is 9.83. The second-order valence-electron chi connectivity index (χ2n) is 6.25. The molecule has 0 unspecified atom stereocenters. The molecule has 6 N–H and O–H groups in total. The van der Waals surface area contributed by atoms with Gasteiger partial charge in [-0.15, -0.1) is 0 Å². The van der Waals surface area contributed by atoms with Gasteiger partial charge >= 0.3 is 18.0 Å². The highest BCUT2D eigenvalue weighted by Crippen LogP contribution is 2.27. The number of hydrogen-bond donors (Lipinski definition) is 5. The molecular weight excluding hydrogens is 392 g/mol. The van der Waals surface area contributed by atoms with E-state index in [9.17, 15) is 14.4 Å². The Balaban J connectivity index is 0.000000890. The summed E-state index contributed by atoms with van der Waals surface area (Å²) >= 11 is 0. The zero-order valence-electron chi connectivity index (χ0n) is 17.7. The van der Waals surface area contributed by atoms with Crippen LogP contribution >= 0.6 is 0 Å². The maximum Gasteiger partial charge on any atom is 0.352 e. The second kappa shape index (κ2) is 14.8. The lowest BCUT2D eigenvalue weighted by molar-refractivity contribution is -0.143. The molecule has 0 aliphatic heterocycles. The fourth-order valence-electron chi connectivity index (χ4n) is 2.42. The molecule has 0 fully saturated rings.